The zero-order chi connectivity index (χ0) is 18.1. The second-order valence-corrected chi connectivity index (χ2v) is 6.47. The van der Waals surface area contributed by atoms with Crippen molar-refractivity contribution in [1.82, 2.24) is 5.32 Å². The number of nitrogens with one attached hydrogen (secondary N) is 1. The van der Waals surface area contributed by atoms with Crippen molar-refractivity contribution in [1.29, 1.82) is 0 Å². The van der Waals surface area contributed by atoms with Crippen molar-refractivity contribution >= 4 is 22.7 Å². The molecule has 0 aliphatic heterocycles. The summed E-state index contributed by atoms with van der Waals surface area (Å²) in [6.45, 7) is 1.77. The number of benzene rings is 2. The standard InChI is InChI=1S/C21H19NO4/c1-13(20-11-14-5-2-3-7-18(14)26-20)22-21(24)12-25-19-8-4-6-15-16(19)9-10-17(15)23/h2-8,11,13H,9-10,12H2,1H3,(H,22,24). The highest BCUT2D eigenvalue weighted by Crippen LogP contribution is 2.30. The predicted molar refractivity (Wildman–Crippen MR) is 97.4 cm³/mol. The molecule has 132 valence electrons. The molecule has 5 heteroatoms. The van der Waals surface area contributed by atoms with Crippen molar-refractivity contribution in [2.45, 2.75) is 25.8 Å². The summed E-state index contributed by atoms with van der Waals surface area (Å²) in [5.41, 5.74) is 2.40. The second kappa shape index (κ2) is 6.67. The van der Waals surface area contributed by atoms with Gasteiger partial charge < -0.3 is 14.5 Å². The number of rotatable bonds is 5. The quantitative estimate of drug-likeness (QED) is 0.760. The molecule has 26 heavy (non-hydrogen) atoms. The number of ketones is 1. The molecule has 1 aliphatic rings. The number of furan rings is 1. The Balaban J connectivity index is 1.39. The lowest BCUT2D eigenvalue weighted by Gasteiger charge is -2.13. The van der Waals surface area contributed by atoms with Crippen LogP contribution in [0.3, 0.4) is 0 Å². The molecule has 1 aromatic heterocycles. The van der Waals surface area contributed by atoms with Crippen LogP contribution in [-0.2, 0) is 11.2 Å². The minimum absolute atomic E-state index is 0.102. The minimum atomic E-state index is -0.262. The van der Waals surface area contributed by atoms with E-state index in [1.807, 2.05) is 37.3 Å². The molecule has 1 N–H and O–H groups in total. The van der Waals surface area contributed by atoms with Crippen molar-refractivity contribution in [3.05, 3.63) is 65.4 Å². The molecule has 1 unspecified atom stereocenters. The van der Waals surface area contributed by atoms with E-state index in [4.69, 9.17) is 9.15 Å². The Morgan fingerprint density at radius 2 is 2.04 bits per heavy atom. The van der Waals surface area contributed by atoms with Crippen LogP contribution in [-0.4, -0.2) is 18.3 Å². The highest BCUT2D eigenvalue weighted by molar-refractivity contribution is 6.01. The normalized spacial score (nSPS) is 14.3. The molecule has 1 aliphatic carbocycles. The Bertz CT molecular complexity index is 956. The van der Waals surface area contributed by atoms with E-state index >= 15 is 0 Å². The number of carbonyl (C=O) groups excluding carboxylic acids is 2. The van der Waals surface area contributed by atoms with Crippen molar-refractivity contribution in [2.24, 2.45) is 0 Å². The van der Waals surface area contributed by atoms with Crippen molar-refractivity contribution < 1.29 is 18.7 Å². The van der Waals surface area contributed by atoms with E-state index < -0.39 is 0 Å². The average molecular weight is 349 g/mol. The van der Waals surface area contributed by atoms with Gasteiger partial charge in [-0.25, -0.2) is 0 Å². The maximum Gasteiger partial charge on any atom is 0.258 e. The van der Waals surface area contributed by atoms with Gasteiger partial charge in [0.2, 0.25) is 0 Å². The van der Waals surface area contributed by atoms with Crippen LogP contribution in [0.1, 0.15) is 41.1 Å². The number of amides is 1. The van der Waals surface area contributed by atoms with E-state index in [1.54, 1.807) is 18.2 Å². The number of hydrogen-bond acceptors (Lipinski definition) is 4. The zero-order valence-corrected chi connectivity index (χ0v) is 14.5. The van der Waals surface area contributed by atoms with E-state index in [9.17, 15) is 9.59 Å². The lowest BCUT2D eigenvalue weighted by molar-refractivity contribution is -0.123. The molecule has 1 amide bonds. The number of ether oxygens (including phenoxy) is 1. The van der Waals surface area contributed by atoms with Gasteiger partial charge in [-0.1, -0.05) is 30.3 Å². The fourth-order valence-corrected chi connectivity index (χ4v) is 3.31. The van der Waals surface area contributed by atoms with Gasteiger partial charge >= 0.3 is 0 Å². The molecule has 4 rings (SSSR count). The van der Waals surface area contributed by atoms with E-state index in [0.29, 0.717) is 29.9 Å². The lowest BCUT2D eigenvalue weighted by Crippen LogP contribution is -2.31. The molecule has 0 radical (unpaired) electrons. The number of para-hydroxylation sites is 1. The molecule has 5 nitrogen and oxygen atoms in total. The molecule has 0 bridgehead atoms. The smallest absolute Gasteiger partial charge is 0.258 e. The minimum Gasteiger partial charge on any atom is -0.483 e. The molecule has 1 heterocycles. The summed E-state index contributed by atoms with van der Waals surface area (Å²) in [6.07, 6.45) is 1.17. The van der Waals surface area contributed by atoms with Crippen LogP contribution in [0.15, 0.2) is 52.9 Å². The highest BCUT2D eigenvalue weighted by atomic mass is 16.5. The van der Waals surface area contributed by atoms with Gasteiger partial charge in [-0.05, 0) is 31.5 Å². The lowest BCUT2D eigenvalue weighted by atomic mass is 10.1. The van der Waals surface area contributed by atoms with Gasteiger partial charge in [0.15, 0.2) is 12.4 Å². The summed E-state index contributed by atoms with van der Waals surface area (Å²) in [5.74, 6) is 1.21. The molecular weight excluding hydrogens is 330 g/mol. The van der Waals surface area contributed by atoms with Crippen molar-refractivity contribution in [3.63, 3.8) is 0 Å². The summed E-state index contributed by atoms with van der Waals surface area (Å²) in [7, 11) is 0. The summed E-state index contributed by atoms with van der Waals surface area (Å²) in [4.78, 5) is 24.0. The van der Waals surface area contributed by atoms with Crippen LogP contribution in [0.5, 0.6) is 5.75 Å². The van der Waals surface area contributed by atoms with Gasteiger partial charge in [-0.2, -0.15) is 0 Å². The van der Waals surface area contributed by atoms with Gasteiger partial charge in [-0.3, -0.25) is 9.59 Å². The zero-order valence-electron chi connectivity index (χ0n) is 14.5. The number of hydrogen-bond donors (Lipinski definition) is 1. The van der Waals surface area contributed by atoms with Crippen LogP contribution in [0.2, 0.25) is 0 Å². The number of fused-ring (bicyclic) bond motifs is 2. The van der Waals surface area contributed by atoms with Crippen LogP contribution >= 0.6 is 0 Å². The maximum atomic E-state index is 12.2. The number of Topliss-reactive ketones (excluding diaryl/α,β-unsaturated/α-hetero) is 1. The predicted octanol–water partition coefficient (Wildman–Crippen LogP) is 3.82. The Kier molecular flexibility index (Phi) is 4.21. The van der Waals surface area contributed by atoms with Crippen molar-refractivity contribution in [2.75, 3.05) is 6.61 Å². The molecular formula is C21H19NO4. The topological polar surface area (TPSA) is 68.5 Å². The highest BCUT2D eigenvalue weighted by Gasteiger charge is 2.23. The Morgan fingerprint density at radius 1 is 1.19 bits per heavy atom. The largest absolute Gasteiger partial charge is 0.483 e. The second-order valence-electron chi connectivity index (χ2n) is 6.47. The first-order chi connectivity index (χ1) is 12.6. The SMILES string of the molecule is CC(NC(=O)COc1cccc2c1CCC2=O)c1cc2ccccc2o1. The Hall–Kier alpha value is -3.08. The van der Waals surface area contributed by atoms with Gasteiger partial charge in [0, 0.05) is 22.9 Å². The summed E-state index contributed by atoms with van der Waals surface area (Å²) < 4.78 is 11.4. The van der Waals surface area contributed by atoms with E-state index in [-0.39, 0.29) is 24.3 Å². The first-order valence-corrected chi connectivity index (χ1v) is 8.67. The third-order valence-electron chi connectivity index (χ3n) is 4.64. The summed E-state index contributed by atoms with van der Waals surface area (Å²) in [6, 6.07) is 14.8. The fraction of sp³-hybridized carbons (Fsp3) is 0.238. The third-order valence-corrected chi connectivity index (χ3v) is 4.64. The molecule has 0 spiro atoms. The Morgan fingerprint density at radius 3 is 2.88 bits per heavy atom. The molecule has 0 saturated carbocycles. The molecule has 2 aromatic carbocycles. The van der Waals surface area contributed by atoms with Crippen LogP contribution in [0, 0.1) is 0 Å². The summed E-state index contributed by atoms with van der Waals surface area (Å²) >= 11 is 0. The first kappa shape index (κ1) is 16.4. The van der Waals surface area contributed by atoms with Crippen LogP contribution in [0.4, 0.5) is 0 Å². The fourth-order valence-electron chi connectivity index (χ4n) is 3.31. The van der Waals surface area contributed by atoms with Gasteiger partial charge in [0.05, 0.1) is 6.04 Å². The molecule has 0 saturated heterocycles. The molecule has 0 fully saturated rings. The third kappa shape index (κ3) is 3.08. The van der Waals surface area contributed by atoms with Gasteiger partial charge in [0.25, 0.3) is 5.91 Å². The molecule has 3 aromatic rings. The Labute approximate surface area is 150 Å². The van der Waals surface area contributed by atoms with Gasteiger partial charge in [-0.15, -0.1) is 0 Å². The van der Waals surface area contributed by atoms with E-state index in [2.05, 4.69) is 5.32 Å². The van der Waals surface area contributed by atoms with Crippen molar-refractivity contribution in [3.8, 4) is 5.75 Å². The maximum absolute atomic E-state index is 12.2. The van der Waals surface area contributed by atoms with E-state index in [0.717, 1.165) is 16.5 Å². The van der Waals surface area contributed by atoms with Crippen LogP contribution < -0.4 is 10.1 Å². The van der Waals surface area contributed by atoms with Gasteiger partial charge in [0.1, 0.15) is 17.1 Å². The van der Waals surface area contributed by atoms with E-state index in [1.165, 1.54) is 0 Å². The average Bonchev–Trinajstić information content (AvgIpc) is 3.24. The summed E-state index contributed by atoms with van der Waals surface area (Å²) in [5, 5.41) is 3.88. The molecule has 1 atom stereocenters. The monoisotopic (exact) mass is 349 g/mol. The van der Waals surface area contributed by atoms with Crippen LogP contribution in [0.25, 0.3) is 11.0 Å². The number of carbonyl (C=O) groups is 2. The first-order valence-electron chi connectivity index (χ1n) is 8.67.